The predicted octanol–water partition coefficient (Wildman–Crippen LogP) is 2.34. The molecule has 3 aromatic rings. The van der Waals surface area contributed by atoms with Gasteiger partial charge in [-0.1, -0.05) is 36.4 Å². The third kappa shape index (κ3) is 4.73. The maximum absolute atomic E-state index is 12.3. The zero-order valence-electron chi connectivity index (χ0n) is 14.1. The van der Waals surface area contributed by atoms with Crippen molar-refractivity contribution in [3.8, 4) is 0 Å². The number of nitrogens with one attached hydrogen (secondary N) is 2. The van der Waals surface area contributed by atoms with E-state index in [1.165, 1.54) is 18.5 Å². The lowest BCUT2D eigenvalue weighted by atomic mass is 10.1. The van der Waals surface area contributed by atoms with E-state index in [2.05, 4.69) is 20.6 Å². The Morgan fingerprint density at radius 1 is 0.808 bits per heavy atom. The molecule has 6 heteroatoms. The van der Waals surface area contributed by atoms with Crippen molar-refractivity contribution in [2.45, 2.75) is 13.1 Å². The van der Waals surface area contributed by atoms with E-state index in [0.717, 1.165) is 11.3 Å². The molecule has 2 amide bonds. The summed E-state index contributed by atoms with van der Waals surface area (Å²) in [5.41, 5.74) is 2.42. The summed E-state index contributed by atoms with van der Waals surface area (Å²) in [4.78, 5) is 32.7. The van der Waals surface area contributed by atoms with Crippen molar-refractivity contribution in [3.63, 3.8) is 0 Å². The Bertz CT molecular complexity index is 812. The predicted molar refractivity (Wildman–Crippen MR) is 97.3 cm³/mol. The number of hydrogen-bond donors (Lipinski definition) is 2. The number of carbonyl (C=O) groups excluding carboxylic acids is 2. The van der Waals surface area contributed by atoms with Gasteiger partial charge in [-0.25, -0.2) is 0 Å². The zero-order chi connectivity index (χ0) is 18.2. The summed E-state index contributed by atoms with van der Waals surface area (Å²) in [6.45, 7) is 0.722. The second-order valence-electron chi connectivity index (χ2n) is 5.63. The Labute approximate surface area is 151 Å². The van der Waals surface area contributed by atoms with Gasteiger partial charge >= 0.3 is 0 Å². The quantitative estimate of drug-likeness (QED) is 0.717. The number of rotatable bonds is 6. The van der Waals surface area contributed by atoms with Crippen LogP contribution in [0, 0.1) is 0 Å². The molecule has 0 unspecified atom stereocenters. The second kappa shape index (κ2) is 8.53. The van der Waals surface area contributed by atoms with E-state index >= 15 is 0 Å². The largest absolute Gasteiger partial charge is 0.348 e. The van der Waals surface area contributed by atoms with Crippen molar-refractivity contribution in [1.29, 1.82) is 0 Å². The lowest BCUT2D eigenvalue weighted by Crippen LogP contribution is -2.26. The highest BCUT2D eigenvalue weighted by Crippen LogP contribution is 2.05. The van der Waals surface area contributed by atoms with Crippen LogP contribution in [-0.2, 0) is 13.1 Å². The van der Waals surface area contributed by atoms with Crippen LogP contribution < -0.4 is 10.6 Å². The minimum Gasteiger partial charge on any atom is -0.348 e. The first-order valence-electron chi connectivity index (χ1n) is 8.17. The summed E-state index contributed by atoms with van der Waals surface area (Å²) in [5, 5.41) is 5.58. The van der Waals surface area contributed by atoms with Gasteiger partial charge in [0.25, 0.3) is 11.8 Å². The first-order chi connectivity index (χ1) is 12.7. The molecule has 1 aromatic carbocycles. The molecule has 6 nitrogen and oxygen atoms in total. The molecule has 0 saturated heterocycles. The fourth-order valence-corrected chi connectivity index (χ4v) is 2.34. The van der Waals surface area contributed by atoms with Gasteiger partial charge in [-0.15, -0.1) is 0 Å². The summed E-state index contributed by atoms with van der Waals surface area (Å²) < 4.78 is 0. The zero-order valence-corrected chi connectivity index (χ0v) is 14.1. The molecule has 2 N–H and O–H groups in total. The molecule has 0 aliphatic heterocycles. The highest BCUT2D eigenvalue weighted by molar-refractivity contribution is 5.99. The van der Waals surface area contributed by atoms with Crippen LogP contribution in [0.25, 0.3) is 0 Å². The number of pyridine rings is 2. The number of amides is 2. The molecule has 130 valence electrons. The van der Waals surface area contributed by atoms with Crippen molar-refractivity contribution < 1.29 is 9.59 Å². The van der Waals surface area contributed by atoms with E-state index in [1.54, 1.807) is 6.20 Å². The van der Waals surface area contributed by atoms with Crippen LogP contribution in [0.15, 0.2) is 73.2 Å². The van der Waals surface area contributed by atoms with Crippen LogP contribution >= 0.6 is 0 Å². The molecule has 0 radical (unpaired) electrons. The summed E-state index contributed by atoms with van der Waals surface area (Å²) in [5.74, 6) is -0.582. The fraction of sp³-hybridized carbons (Fsp3) is 0.100. The third-order valence-corrected chi connectivity index (χ3v) is 3.71. The molecule has 3 rings (SSSR count). The van der Waals surface area contributed by atoms with Crippen molar-refractivity contribution in [3.05, 3.63) is 95.6 Å². The minimum atomic E-state index is -0.305. The van der Waals surface area contributed by atoms with Gasteiger partial charge in [0.2, 0.25) is 0 Å². The van der Waals surface area contributed by atoms with Crippen molar-refractivity contribution >= 4 is 11.8 Å². The number of aromatic nitrogens is 2. The van der Waals surface area contributed by atoms with E-state index in [0.29, 0.717) is 24.2 Å². The molecule has 0 saturated carbocycles. The molecule has 0 bridgehead atoms. The van der Waals surface area contributed by atoms with Crippen LogP contribution in [0.5, 0.6) is 0 Å². The van der Waals surface area contributed by atoms with Crippen LogP contribution in [0.2, 0.25) is 0 Å². The molecular formula is C20H18N4O2. The smallest absolute Gasteiger partial charge is 0.253 e. The summed E-state index contributed by atoms with van der Waals surface area (Å²) in [6.07, 6.45) is 4.54. The third-order valence-electron chi connectivity index (χ3n) is 3.71. The SMILES string of the molecule is O=C(NCc1ccccc1)c1cncc(C(=O)NCc2ccccn2)c1. The lowest BCUT2D eigenvalue weighted by molar-refractivity contribution is 0.0950. The van der Waals surface area contributed by atoms with Gasteiger partial charge in [-0.2, -0.15) is 0 Å². The van der Waals surface area contributed by atoms with Crippen molar-refractivity contribution in [2.75, 3.05) is 0 Å². The molecule has 0 aliphatic carbocycles. The van der Waals surface area contributed by atoms with E-state index in [9.17, 15) is 9.59 Å². The standard InChI is InChI=1S/C20H18N4O2/c25-19(23-11-15-6-2-1-3-7-15)16-10-17(13-21-12-16)20(26)24-14-18-8-4-5-9-22-18/h1-10,12-13H,11,14H2,(H,23,25)(H,24,26). The summed E-state index contributed by atoms with van der Waals surface area (Å²) in [6, 6.07) is 16.6. The normalized spacial score (nSPS) is 10.2. The Morgan fingerprint density at radius 2 is 1.46 bits per heavy atom. The van der Waals surface area contributed by atoms with Gasteiger partial charge in [0, 0.05) is 25.1 Å². The van der Waals surface area contributed by atoms with Gasteiger partial charge in [0.15, 0.2) is 0 Å². The monoisotopic (exact) mass is 346 g/mol. The number of nitrogens with zero attached hydrogens (tertiary/aromatic N) is 2. The number of carbonyl (C=O) groups is 2. The molecule has 0 aliphatic rings. The highest BCUT2D eigenvalue weighted by atomic mass is 16.2. The van der Waals surface area contributed by atoms with Gasteiger partial charge in [0.05, 0.1) is 23.4 Å². The second-order valence-corrected chi connectivity index (χ2v) is 5.63. The van der Waals surface area contributed by atoms with E-state index < -0.39 is 0 Å². The topological polar surface area (TPSA) is 84.0 Å². The molecule has 0 spiro atoms. The van der Waals surface area contributed by atoms with E-state index in [-0.39, 0.29) is 11.8 Å². The van der Waals surface area contributed by atoms with Crippen molar-refractivity contribution in [1.82, 2.24) is 20.6 Å². The number of benzene rings is 1. The van der Waals surface area contributed by atoms with Crippen LogP contribution in [0.3, 0.4) is 0 Å². The molecule has 0 fully saturated rings. The molecule has 26 heavy (non-hydrogen) atoms. The maximum atomic E-state index is 12.3. The molecule has 0 atom stereocenters. The Kier molecular flexibility index (Phi) is 5.67. The van der Waals surface area contributed by atoms with E-state index in [1.807, 2.05) is 48.5 Å². The molecule has 2 heterocycles. The summed E-state index contributed by atoms with van der Waals surface area (Å²) >= 11 is 0. The van der Waals surface area contributed by atoms with Gasteiger partial charge in [-0.3, -0.25) is 19.6 Å². The average molecular weight is 346 g/mol. The van der Waals surface area contributed by atoms with Gasteiger partial charge < -0.3 is 10.6 Å². The Morgan fingerprint density at radius 3 is 2.12 bits per heavy atom. The van der Waals surface area contributed by atoms with E-state index in [4.69, 9.17) is 0 Å². The molecular weight excluding hydrogens is 328 g/mol. The van der Waals surface area contributed by atoms with Crippen LogP contribution in [-0.4, -0.2) is 21.8 Å². The van der Waals surface area contributed by atoms with Crippen LogP contribution in [0.4, 0.5) is 0 Å². The van der Waals surface area contributed by atoms with Gasteiger partial charge in [0.1, 0.15) is 0 Å². The highest BCUT2D eigenvalue weighted by Gasteiger charge is 2.11. The lowest BCUT2D eigenvalue weighted by Gasteiger charge is -2.07. The Balaban J connectivity index is 1.60. The van der Waals surface area contributed by atoms with Crippen LogP contribution in [0.1, 0.15) is 32.0 Å². The van der Waals surface area contributed by atoms with Gasteiger partial charge in [-0.05, 0) is 23.8 Å². The average Bonchev–Trinajstić information content (AvgIpc) is 2.72. The number of hydrogen-bond acceptors (Lipinski definition) is 4. The fourth-order valence-electron chi connectivity index (χ4n) is 2.34. The minimum absolute atomic E-state index is 0.277. The first-order valence-corrected chi connectivity index (χ1v) is 8.17. The van der Waals surface area contributed by atoms with Crippen molar-refractivity contribution in [2.24, 2.45) is 0 Å². The first kappa shape index (κ1) is 17.3. The Hall–Kier alpha value is -3.54. The maximum Gasteiger partial charge on any atom is 0.253 e. The summed E-state index contributed by atoms with van der Waals surface area (Å²) in [7, 11) is 0. The molecule has 2 aromatic heterocycles.